The predicted octanol–water partition coefficient (Wildman–Crippen LogP) is 4.06. The first-order valence-electron chi connectivity index (χ1n) is 8.66. The van der Waals surface area contributed by atoms with Gasteiger partial charge in [0.05, 0.1) is 11.9 Å². The van der Waals surface area contributed by atoms with Crippen LogP contribution in [-0.4, -0.2) is 22.0 Å². The van der Waals surface area contributed by atoms with Crippen molar-refractivity contribution in [3.63, 3.8) is 0 Å². The van der Waals surface area contributed by atoms with Crippen molar-refractivity contribution in [1.82, 2.24) is 10.3 Å². The zero-order chi connectivity index (χ0) is 18.7. The number of nitrogens with zero attached hydrogens (tertiary/aromatic N) is 1. The first kappa shape index (κ1) is 17.7. The molecule has 0 saturated heterocycles. The fourth-order valence-corrected chi connectivity index (χ4v) is 2.86. The van der Waals surface area contributed by atoms with Gasteiger partial charge in [-0.25, -0.2) is 0 Å². The molecule has 0 saturated carbocycles. The third-order valence-corrected chi connectivity index (χ3v) is 4.11. The van der Waals surface area contributed by atoms with Gasteiger partial charge in [-0.05, 0) is 56.2 Å². The fraction of sp³-hybridized carbons (Fsp3) is 0.238. The van der Waals surface area contributed by atoms with E-state index in [9.17, 15) is 9.90 Å². The maximum absolute atomic E-state index is 12.0. The van der Waals surface area contributed by atoms with Gasteiger partial charge >= 0.3 is 0 Å². The second-order valence-electron chi connectivity index (χ2n) is 6.73. The Morgan fingerprint density at radius 1 is 1.12 bits per heavy atom. The van der Waals surface area contributed by atoms with Crippen LogP contribution < -0.4 is 10.6 Å². The Kier molecular flexibility index (Phi) is 5.07. The number of hydrogen-bond acceptors (Lipinski definition) is 4. The third-order valence-electron chi connectivity index (χ3n) is 4.11. The Balaban J connectivity index is 1.94. The van der Waals surface area contributed by atoms with E-state index in [0.29, 0.717) is 6.42 Å². The molecule has 1 aromatic heterocycles. The van der Waals surface area contributed by atoms with Gasteiger partial charge in [0.2, 0.25) is 5.91 Å². The van der Waals surface area contributed by atoms with Gasteiger partial charge in [-0.3, -0.25) is 9.78 Å². The van der Waals surface area contributed by atoms with Gasteiger partial charge in [0, 0.05) is 35.1 Å². The first-order valence-corrected chi connectivity index (χ1v) is 8.66. The number of phenols is 1. The molecule has 1 amide bonds. The SMILES string of the molecule is Cc1ccc(O)cc1Nc1ccnc2ccc(CC(=O)NC(C)C)cc12. The number of phenolic OH excluding ortho intramolecular Hbond substituents is 1. The average molecular weight is 349 g/mol. The van der Waals surface area contributed by atoms with Gasteiger partial charge in [-0.1, -0.05) is 12.1 Å². The van der Waals surface area contributed by atoms with Gasteiger partial charge in [-0.15, -0.1) is 0 Å². The molecule has 0 radical (unpaired) electrons. The molecule has 0 aliphatic carbocycles. The summed E-state index contributed by atoms with van der Waals surface area (Å²) in [6.45, 7) is 5.87. The fourth-order valence-electron chi connectivity index (χ4n) is 2.86. The smallest absolute Gasteiger partial charge is 0.224 e. The summed E-state index contributed by atoms with van der Waals surface area (Å²) < 4.78 is 0. The Labute approximate surface area is 153 Å². The topological polar surface area (TPSA) is 74.2 Å². The lowest BCUT2D eigenvalue weighted by atomic mass is 10.1. The predicted molar refractivity (Wildman–Crippen MR) is 105 cm³/mol. The normalized spacial score (nSPS) is 10.9. The minimum atomic E-state index is 0.00146. The molecule has 3 rings (SSSR count). The molecule has 1 heterocycles. The lowest BCUT2D eigenvalue weighted by Gasteiger charge is -2.13. The molecule has 5 heteroatoms. The summed E-state index contributed by atoms with van der Waals surface area (Å²) in [5.74, 6) is 0.212. The molecule has 0 atom stereocenters. The minimum absolute atomic E-state index is 0.00146. The van der Waals surface area contributed by atoms with Crippen molar-refractivity contribution in [1.29, 1.82) is 0 Å². The number of anilines is 2. The molecule has 0 fully saturated rings. The number of carbonyl (C=O) groups excluding carboxylic acids is 1. The van der Waals surface area contributed by atoms with Crippen molar-refractivity contribution >= 4 is 28.2 Å². The Morgan fingerprint density at radius 3 is 2.69 bits per heavy atom. The molecule has 134 valence electrons. The molecule has 2 aromatic carbocycles. The Bertz CT molecular complexity index is 951. The number of pyridine rings is 1. The Morgan fingerprint density at radius 2 is 1.92 bits per heavy atom. The highest BCUT2D eigenvalue weighted by molar-refractivity contribution is 5.94. The number of aromatic nitrogens is 1. The van der Waals surface area contributed by atoms with Crippen LogP contribution in [0.2, 0.25) is 0 Å². The van der Waals surface area contributed by atoms with Crippen molar-refractivity contribution in [2.45, 2.75) is 33.2 Å². The van der Waals surface area contributed by atoms with E-state index in [1.165, 1.54) is 0 Å². The molecular weight excluding hydrogens is 326 g/mol. The third kappa shape index (κ3) is 4.11. The molecule has 0 spiro atoms. The number of carbonyl (C=O) groups is 1. The molecule has 0 aliphatic rings. The van der Waals surface area contributed by atoms with E-state index in [4.69, 9.17) is 0 Å². The summed E-state index contributed by atoms with van der Waals surface area (Å²) >= 11 is 0. The number of aryl methyl sites for hydroxylation is 1. The molecule has 3 aromatic rings. The first-order chi connectivity index (χ1) is 12.4. The number of fused-ring (bicyclic) bond motifs is 1. The number of hydrogen-bond donors (Lipinski definition) is 3. The maximum atomic E-state index is 12.0. The number of aromatic hydroxyl groups is 1. The van der Waals surface area contributed by atoms with Crippen LogP contribution in [0, 0.1) is 6.92 Å². The van der Waals surface area contributed by atoms with Crippen molar-refractivity contribution < 1.29 is 9.90 Å². The number of rotatable bonds is 5. The van der Waals surface area contributed by atoms with Crippen LogP contribution in [0.25, 0.3) is 10.9 Å². The number of amides is 1. The van der Waals surface area contributed by atoms with Crippen LogP contribution >= 0.6 is 0 Å². The molecule has 0 unspecified atom stereocenters. The summed E-state index contributed by atoms with van der Waals surface area (Å²) in [5, 5.41) is 17.0. The molecular formula is C21H23N3O2. The van der Waals surface area contributed by atoms with Crippen molar-refractivity contribution in [2.75, 3.05) is 5.32 Å². The van der Waals surface area contributed by atoms with Gasteiger partial charge in [-0.2, -0.15) is 0 Å². The highest BCUT2D eigenvalue weighted by atomic mass is 16.3. The highest BCUT2D eigenvalue weighted by Gasteiger charge is 2.09. The van der Waals surface area contributed by atoms with E-state index >= 15 is 0 Å². The van der Waals surface area contributed by atoms with Gasteiger partial charge in [0.1, 0.15) is 5.75 Å². The highest BCUT2D eigenvalue weighted by Crippen LogP contribution is 2.29. The standard InChI is InChI=1S/C21H23N3O2/c1-13(2)23-21(26)11-15-5-7-18-17(10-15)19(8-9-22-18)24-20-12-16(25)6-4-14(20)3/h4-10,12-13,25H,11H2,1-3H3,(H,22,24)(H,23,26). The van der Waals surface area contributed by atoms with Gasteiger partial charge in [0.25, 0.3) is 0 Å². The van der Waals surface area contributed by atoms with E-state index < -0.39 is 0 Å². The van der Waals surface area contributed by atoms with Gasteiger partial charge in [0.15, 0.2) is 0 Å². The average Bonchev–Trinajstić information content (AvgIpc) is 2.58. The summed E-state index contributed by atoms with van der Waals surface area (Å²) in [6.07, 6.45) is 2.07. The second-order valence-corrected chi connectivity index (χ2v) is 6.73. The Hall–Kier alpha value is -3.08. The largest absolute Gasteiger partial charge is 0.508 e. The van der Waals surface area contributed by atoms with Crippen LogP contribution in [-0.2, 0) is 11.2 Å². The minimum Gasteiger partial charge on any atom is -0.508 e. The molecule has 0 aliphatic heterocycles. The van der Waals surface area contributed by atoms with Crippen molar-refractivity contribution in [3.8, 4) is 5.75 Å². The summed E-state index contributed by atoms with van der Waals surface area (Å²) in [6, 6.07) is 13.1. The monoisotopic (exact) mass is 349 g/mol. The molecule has 0 bridgehead atoms. The lowest BCUT2D eigenvalue weighted by molar-refractivity contribution is -0.120. The number of nitrogens with one attached hydrogen (secondary N) is 2. The second kappa shape index (κ2) is 7.44. The van der Waals surface area contributed by atoms with E-state index in [2.05, 4.69) is 15.6 Å². The van der Waals surface area contributed by atoms with E-state index in [1.807, 2.05) is 51.1 Å². The zero-order valence-electron chi connectivity index (χ0n) is 15.2. The lowest BCUT2D eigenvalue weighted by Crippen LogP contribution is -2.31. The van der Waals surface area contributed by atoms with E-state index in [0.717, 1.165) is 33.4 Å². The van der Waals surface area contributed by atoms with E-state index in [1.54, 1.807) is 18.3 Å². The zero-order valence-corrected chi connectivity index (χ0v) is 15.2. The van der Waals surface area contributed by atoms with E-state index in [-0.39, 0.29) is 17.7 Å². The van der Waals surface area contributed by atoms with Crippen molar-refractivity contribution in [3.05, 3.63) is 59.8 Å². The van der Waals surface area contributed by atoms with Crippen LogP contribution in [0.15, 0.2) is 48.7 Å². The van der Waals surface area contributed by atoms with Crippen molar-refractivity contribution in [2.24, 2.45) is 0 Å². The summed E-state index contributed by atoms with van der Waals surface area (Å²) in [5.41, 5.74) is 4.52. The maximum Gasteiger partial charge on any atom is 0.224 e. The van der Waals surface area contributed by atoms with Crippen LogP contribution in [0.5, 0.6) is 5.75 Å². The molecule has 26 heavy (non-hydrogen) atoms. The van der Waals surface area contributed by atoms with Crippen LogP contribution in [0.4, 0.5) is 11.4 Å². The van der Waals surface area contributed by atoms with Crippen LogP contribution in [0.1, 0.15) is 25.0 Å². The summed E-state index contributed by atoms with van der Waals surface area (Å²) in [7, 11) is 0. The van der Waals surface area contributed by atoms with Crippen LogP contribution in [0.3, 0.4) is 0 Å². The summed E-state index contributed by atoms with van der Waals surface area (Å²) in [4.78, 5) is 16.4. The molecule has 5 nitrogen and oxygen atoms in total. The quantitative estimate of drug-likeness (QED) is 0.649. The number of benzene rings is 2. The molecule has 3 N–H and O–H groups in total. The van der Waals surface area contributed by atoms with Gasteiger partial charge < -0.3 is 15.7 Å².